The molecule has 0 aliphatic rings. The van der Waals surface area contributed by atoms with Crippen molar-refractivity contribution in [3.63, 3.8) is 0 Å². The molecule has 0 saturated heterocycles. The zero-order valence-electron chi connectivity index (χ0n) is 18.0. The van der Waals surface area contributed by atoms with Crippen molar-refractivity contribution < 1.29 is 19.0 Å². The van der Waals surface area contributed by atoms with E-state index >= 15 is 0 Å². The van der Waals surface area contributed by atoms with Crippen LogP contribution in [0.1, 0.15) is 10.4 Å². The van der Waals surface area contributed by atoms with Crippen LogP contribution in [0.5, 0.6) is 17.2 Å². The van der Waals surface area contributed by atoms with Gasteiger partial charge < -0.3 is 19.5 Å². The summed E-state index contributed by atoms with van der Waals surface area (Å²) < 4.78 is 17.8. The summed E-state index contributed by atoms with van der Waals surface area (Å²) in [7, 11) is 4.71. The van der Waals surface area contributed by atoms with Gasteiger partial charge in [-0.05, 0) is 42.5 Å². The largest absolute Gasteiger partial charge is 0.495 e. The highest BCUT2D eigenvalue weighted by atomic mass is 16.5. The first-order chi connectivity index (χ1) is 15.6. The monoisotopic (exact) mass is 429 g/mol. The van der Waals surface area contributed by atoms with Crippen molar-refractivity contribution in [3.05, 3.63) is 84.6 Å². The fourth-order valence-electron chi connectivity index (χ4n) is 3.39. The van der Waals surface area contributed by atoms with Crippen molar-refractivity contribution in [2.24, 2.45) is 0 Å². The van der Waals surface area contributed by atoms with Crippen molar-refractivity contribution >= 4 is 11.6 Å². The van der Waals surface area contributed by atoms with Crippen LogP contribution in [0.25, 0.3) is 16.9 Å². The van der Waals surface area contributed by atoms with E-state index in [1.165, 1.54) is 0 Å². The molecule has 0 fully saturated rings. The Bertz CT molecular complexity index is 1240. The molecule has 0 aliphatic heterocycles. The number of aromatic nitrogens is 2. The van der Waals surface area contributed by atoms with Crippen LogP contribution >= 0.6 is 0 Å². The Hall–Kier alpha value is -4.26. The van der Waals surface area contributed by atoms with Gasteiger partial charge in [-0.25, -0.2) is 4.68 Å². The molecule has 7 nitrogen and oxygen atoms in total. The predicted octanol–water partition coefficient (Wildman–Crippen LogP) is 4.82. The fourth-order valence-corrected chi connectivity index (χ4v) is 3.39. The molecule has 0 bridgehead atoms. The molecule has 4 rings (SSSR count). The van der Waals surface area contributed by atoms with Gasteiger partial charge in [-0.15, -0.1) is 0 Å². The number of rotatable bonds is 7. The zero-order chi connectivity index (χ0) is 22.5. The number of nitrogens with zero attached hydrogens (tertiary/aromatic N) is 2. The molecule has 1 N–H and O–H groups in total. The second-order valence-electron chi connectivity index (χ2n) is 6.90. The number of hydrogen-bond donors (Lipinski definition) is 1. The summed E-state index contributed by atoms with van der Waals surface area (Å²) in [5.41, 5.74) is 3.06. The Balaban J connectivity index is 1.80. The van der Waals surface area contributed by atoms with E-state index in [1.807, 2.05) is 48.5 Å². The van der Waals surface area contributed by atoms with Gasteiger partial charge in [0.05, 0.1) is 38.3 Å². The minimum absolute atomic E-state index is 0.304. The lowest BCUT2D eigenvalue weighted by Gasteiger charge is -2.11. The van der Waals surface area contributed by atoms with Crippen LogP contribution < -0.4 is 19.5 Å². The van der Waals surface area contributed by atoms with Crippen LogP contribution in [0.2, 0.25) is 0 Å². The number of methoxy groups -OCH3 is 3. The minimum atomic E-state index is -0.304. The van der Waals surface area contributed by atoms with Gasteiger partial charge in [-0.1, -0.05) is 30.3 Å². The summed E-state index contributed by atoms with van der Waals surface area (Å²) >= 11 is 0. The summed E-state index contributed by atoms with van der Waals surface area (Å²) in [4.78, 5) is 13.3. The predicted molar refractivity (Wildman–Crippen MR) is 123 cm³/mol. The summed E-state index contributed by atoms with van der Waals surface area (Å²) in [6.45, 7) is 0. The molecule has 0 unspecified atom stereocenters. The molecule has 1 amide bonds. The third-order valence-corrected chi connectivity index (χ3v) is 4.99. The number of amides is 1. The van der Waals surface area contributed by atoms with Crippen LogP contribution in [0.15, 0.2) is 79.0 Å². The molecule has 3 aromatic carbocycles. The number of carbonyl (C=O) groups is 1. The molecule has 162 valence electrons. The minimum Gasteiger partial charge on any atom is -0.495 e. The molecule has 1 heterocycles. The van der Waals surface area contributed by atoms with E-state index in [0.717, 1.165) is 11.3 Å². The summed E-state index contributed by atoms with van der Waals surface area (Å²) in [6.07, 6.45) is 1.71. The molecule has 0 radical (unpaired) electrons. The number of ether oxygens (including phenoxy) is 3. The van der Waals surface area contributed by atoms with Crippen molar-refractivity contribution in [1.82, 2.24) is 9.78 Å². The number of para-hydroxylation sites is 3. The molecule has 7 heteroatoms. The number of anilines is 1. The molecular weight excluding hydrogens is 406 g/mol. The number of nitrogens with one attached hydrogen (secondary N) is 1. The highest BCUT2D eigenvalue weighted by molar-refractivity contribution is 6.08. The normalized spacial score (nSPS) is 10.5. The van der Waals surface area contributed by atoms with E-state index in [2.05, 4.69) is 5.32 Å². The van der Waals surface area contributed by atoms with Crippen LogP contribution in [0, 0.1) is 0 Å². The Kier molecular flexibility index (Phi) is 6.07. The van der Waals surface area contributed by atoms with Crippen molar-refractivity contribution in [2.75, 3.05) is 26.6 Å². The molecule has 0 saturated carbocycles. The first-order valence-electron chi connectivity index (χ1n) is 9.96. The van der Waals surface area contributed by atoms with Gasteiger partial charge in [-0.2, -0.15) is 5.10 Å². The molecule has 1 aromatic heterocycles. The Labute approximate surface area is 186 Å². The summed E-state index contributed by atoms with van der Waals surface area (Å²) in [5, 5.41) is 7.65. The lowest BCUT2D eigenvalue weighted by Crippen LogP contribution is -2.13. The molecular formula is C25H23N3O4. The maximum atomic E-state index is 13.3. The lowest BCUT2D eigenvalue weighted by atomic mass is 10.1. The van der Waals surface area contributed by atoms with Gasteiger partial charge in [0.25, 0.3) is 5.91 Å². The second-order valence-corrected chi connectivity index (χ2v) is 6.90. The third-order valence-electron chi connectivity index (χ3n) is 4.99. The molecule has 4 aromatic rings. The summed E-state index contributed by atoms with van der Waals surface area (Å²) in [6, 6.07) is 22.3. The summed E-state index contributed by atoms with van der Waals surface area (Å²) in [5.74, 6) is 1.42. The Morgan fingerprint density at radius 3 is 2.22 bits per heavy atom. The highest BCUT2D eigenvalue weighted by Gasteiger charge is 2.21. The Morgan fingerprint density at radius 1 is 0.812 bits per heavy atom. The smallest absolute Gasteiger partial charge is 0.259 e. The molecule has 0 aliphatic carbocycles. The van der Waals surface area contributed by atoms with Gasteiger partial charge in [-0.3, -0.25) is 4.79 Å². The first kappa shape index (κ1) is 21.0. The van der Waals surface area contributed by atoms with Crippen LogP contribution in [-0.2, 0) is 0 Å². The first-order valence-corrected chi connectivity index (χ1v) is 9.96. The highest BCUT2D eigenvalue weighted by Crippen LogP contribution is 2.34. The SMILES string of the molecule is COc1ccccc1NC(=O)c1cn(-c2ccccc2)nc1-c1ccc(OC)c(OC)c1. The standard InChI is InChI=1S/C25H23N3O4/c1-30-21-12-8-7-11-20(21)26-25(29)19-16-28(18-9-5-4-6-10-18)27-24(19)17-13-14-22(31-2)23(15-17)32-3/h4-16H,1-3H3,(H,26,29). The quantitative estimate of drug-likeness (QED) is 0.456. The van der Waals surface area contributed by atoms with Crippen LogP contribution in [0.3, 0.4) is 0 Å². The average Bonchev–Trinajstić information content (AvgIpc) is 3.30. The van der Waals surface area contributed by atoms with Gasteiger partial charge in [0, 0.05) is 11.8 Å². The van der Waals surface area contributed by atoms with E-state index in [1.54, 1.807) is 56.5 Å². The van der Waals surface area contributed by atoms with Crippen LogP contribution in [-0.4, -0.2) is 37.0 Å². The molecule has 0 spiro atoms. The van der Waals surface area contributed by atoms with E-state index in [4.69, 9.17) is 19.3 Å². The van der Waals surface area contributed by atoms with Gasteiger partial charge in [0.2, 0.25) is 0 Å². The van der Waals surface area contributed by atoms with Gasteiger partial charge in [0.1, 0.15) is 11.4 Å². The Morgan fingerprint density at radius 2 is 1.50 bits per heavy atom. The van der Waals surface area contributed by atoms with Crippen molar-refractivity contribution in [1.29, 1.82) is 0 Å². The van der Waals surface area contributed by atoms with Crippen LogP contribution in [0.4, 0.5) is 5.69 Å². The van der Waals surface area contributed by atoms with Gasteiger partial charge in [0.15, 0.2) is 11.5 Å². The maximum absolute atomic E-state index is 13.3. The van der Waals surface area contributed by atoms with E-state index < -0.39 is 0 Å². The van der Waals surface area contributed by atoms with E-state index in [9.17, 15) is 4.79 Å². The average molecular weight is 429 g/mol. The number of hydrogen-bond acceptors (Lipinski definition) is 5. The second kappa shape index (κ2) is 9.26. The van der Waals surface area contributed by atoms with Crippen molar-refractivity contribution in [3.8, 4) is 34.2 Å². The van der Waals surface area contributed by atoms with Crippen molar-refractivity contribution in [2.45, 2.75) is 0 Å². The molecule has 32 heavy (non-hydrogen) atoms. The van der Waals surface area contributed by atoms with E-state index in [-0.39, 0.29) is 5.91 Å². The van der Waals surface area contributed by atoms with E-state index in [0.29, 0.717) is 34.2 Å². The van der Waals surface area contributed by atoms with Gasteiger partial charge >= 0.3 is 0 Å². The lowest BCUT2D eigenvalue weighted by molar-refractivity contribution is 0.102. The topological polar surface area (TPSA) is 74.6 Å². The third kappa shape index (κ3) is 4.13. The fraction of sp³-hybridized carbons (Fsp3) is 0.120. The number of benzene rings is 3. The number of carbonyl (C=O) groups excluding carboxylic acids is 1. The zero-order valence-corrected chi connectivity index (χ0v) is 18.0. The maximum Gasteiger partial charge on any atom is 0.259 e. The molecule has 0 atom stereocenters.